The average Bonchev–Trinajstić information content (AvgIpc) is 3.33. The first kappa shape index (κ1) is 65.7. The number of aliphatic hydroxyl groups is 4. The molecule has 69 heavy (non-hydrogen) atoms. The molecule has 410 valence electrons. The number of nitrogens with one attached hydrogen (secondary N) is 2. The summed E-state index contributed by atoms with van der Waals surface area (Å²) in [5, 5.41) is 50.5. The Bertz CT molecular complexity index is 1100. The maximum Gasteiger partial charge on any atom is 0.243 e. The maximum atomic E-state index is 13.3. The molecule has 6 atom stereocenters. The summed E-state index contributed by atoms with van der Waals surface area (Å²) in [6, 6.07) is -1.11. The number of amides is 2. The van der Waals surface area contributed by atoms with E-state index in [1.54, 1.807) is 0 Å². The van der Waals surface area contributed by atoms with Gasteiger partial charge in [-0.1, -0.05) is 227 Å². The highest BCUT2D eigenvalue weighted by atomic mass is 16.3. The summed E-state index contributed by atoms with van der Waals surface area (Å²) in [6.45, 7) is 12.0. The summed E-state index contributed by atoms with van der Waals surface area (Å²) >= 11 is 0. The molecule has 0 aromatic carbocycles. The fourth-order valence-electron chi connectivity index (χ4n) is 10.4. The number of hydrogen-bond donors (Lipinski definition) is 6. The number of carbonyl (C=O) groups excluding carboxylic acids is 2. The Morgan fingerprint density at radius 3 is 1.00 bits per heavy atom. The van der Waals surface area contributed by atoms with E-state index in [1.807, 2.05) is 0 Å². The van der Waals surface area contributed by atoms with E-state index in [-0.39, 0.29) is 11.8 Å². The first-order chi connectivity index (χ1) is 33.6. The normalized spacial score (nSPS) is 17.1. The first-order valence-corrected chi connectivity index (χ1v) is 30.4. The van der Waals surface area contributed by atoms with E-state index < -0.39 is 36.6 Å². The first-order valence-electron chi connectivity index (χ1n) is 30.4. The highest BCUT2D eigenvalue weighted by Crippen LogP contribution is 2.19. The Balaban J connectivity index is 2.60. The van der Waals surface area contributed by atoms with Gasteiger partial charge in [-0.25, -0.2) is 0 Å². The Morgan fingerprint density at radius 2 is 0.652 bits per heavy atom. The second kappa shape index (κ2) is 47.7. The topological polar surface area (TPSA) is 146 Å². The van der Waals surface area contributed by atoms with Crippen LogP contribution >= 0.6 is 0 Å². The van der Waals surface area contributed by atoms with Crippen LogP contribution in [0, 0.1) is 0 Å². The van der Waals surface area contributed by atoms with Crippen molar-refractivity contribution in [3.05, 3.63) is 0 Å². The maximum absolute atomic E-state index is 13.3. The zero-order valence-corrected chi connectivity index (χ0v) is 46.2. The molecule has 1 fully saturated rings. The van der Waals surface area contributed by atoms with Crippen molar-refractivity contribution in [1.29, 1.82) is 0 Å². The quantitative estimate of drug-likeness (QED) is 0.0261. The van der Waals surface area contributed by atoms with Crippen LogP contribution in [0.1, 0.15) is 297 Å². The largest absolute Gasteiger partial charge is 0.392 e. The Labute approximate surface area is 427 Å². The molecule has 1 aliphatic rings. The van der Waals surface area contributed by atoms with Crippen LogP contribution in [0.2, 0.25) is 0 Å². The third kappa shape index (κ3) is 38.9. The molecule has 6 unspecified atom stereocenters. The SMILES string of the molecule is CCCCCCCCCCC(O)CN(CCCCC1NC(=O)C(CCCCN(CC(O)CCCCCCCCCC)C(O)CCCCCCCCCC)NC1=O)CC(O)CCCCCCCCCC. The number of rotatable bonds is 53. The molecule has 0 spiro atoms. The summed E-state index contributed by atoms with van der Waals surface area (Å²) in [5.74, 6) is -0.244. The van der Waals surface area contributed by atoms with E-state index in [0.717, 1.165) is 103 Å². The van der Waals surface area contributed by atoms with Crippen LogP contribution in [0.15, 0.2) is 0 Å². The molecule has 0 aromatic rings. The summed E-state index contributed by atoms with van der Waals surface area (Å²) in [5.41, 5.74) is 0. The summed E-state index contributed by atoms with van der Waals surface area (Å²) in [7, 11) is 0. The van der Waals surface area contributed by atoms with E-state index in [0.29, 0.717) is 45.4 Å². The lowest BCUT2D eigenvalue weighted by Crippen LogP contribution is -2.61. The number of nitrogens with zero attached hydrogens (tertiary/aromatic N) is 2. The summed E-state index contributed by atoms with van der Waals surface area (Å²) in [4.78, 5) is 30.8. The van der Waals surface area contributed by atoms with Crippen LogP contribution in [-0.4, -0.2) is 111 Å². The highest BCUT2D eigenvalue weighted by Gasteiger charge is 2.33. The molecule has 1 aliphatic heterocycles. The molecule has 2 amide bonds. The predicted molar refractivity (Wildman–Crippen MR) is 293 cm³/mol. The van der Waals surface area contributed by atoms with E-state index in [2.05, 4.69) is 48.1 Å². The monoisotopic (exact) mass is 979 g/mol. The van der Waals surface area contributed by atoms with Crippen molar-refractivity contribution in [2.24, 2.45) is 0 Å². The minimum atomic E-state index is -0.585. The number of carbonyl (C=O) groups is 2. The van der Waals surface area contributed by atoms with Crippen LogP contribution in [0.3, 0.4) is 0 Å². The molecule has 6 N–H and O–H groups in total. The van der Waals surface area contributed by atoms with Gasteiger partial charge in [-0.2, -0.15) is 0 Å². The van der Waals surface area contributed by atoms with Gasteiger partial charge in [-0.3, -0.25) is 19.4 Å². The lowest BCUT2D eigenvalue weighted by molar-refractivity contribution is -0.137. The highest BCUT2D eigenvalue weighted by molar-refractivity contribution is 5.96. The number of hydrogen-bond acceptors (Lipinski definition) is 8. The minimum Gasteiger partial charge on any atom is -0.392 e. The lowest BCUT2D eigenvalue weighted by atomic mass is 10.0. The second-order valence-electron chi connectivity index (χ2n) is 21.9. The van der Waals surface area contributed by atoms with Gasteiger partial charge in [0.25, 0.3) is 0 Å². The van der Waals surface area contributed by atoms with E-state index in [1.165, 1.54) is 154 Å². The molecular weight excluding hydrogens is 861 g/mol. The van der Waals surface area contributed by atoms with Crippen molar-refractivity contribution in [3.8, 4) is 0 Å². The summed E-state index contributed by atoms with van der Waals surface area (Å²) in [6.07, 6.45) is 44.9. The van der Waals surface area contributed by atoms with Gasteiger partial charge < -0.3 is 31.1 Å². The van der Waals surface area contributed by atoms with Gasteiger partial charge in [-0.05, 0) is 77.2 Å². The van der Waals surface area contributed by atoms with Crippen molar-refractivity contribution < 1.29 is 30.0 Å². The van der Waals surface area contributed by atoms with Crippen LogP contribution < -0.4 is 10.6 Å². The van der Waals surface area contributed by atoms with Gasteiger partial charge in [0.05, 0.1) is 18.3 Å². The van der Waals surface area contributed by atoms with Gasteiger partial charge in [0.1, 0.15) is 18.3 Å². The zero-order valence-electron chi connectivity index (χ0n) is 46.2. The molecule has 0 saturated carbocycles. The Kier molecular flexibility index (Phi) is 45.4. The lowest BCUT2D eigenvalue weighted by Gasteiger charge is -2.31. The molecule has 0 bridgehead atoms. The van der Waals surface area contributed by atoms with Crippen LogP contribution in [-0.2, 0) is 9.59 Å². The Hall–Kier alpha value is -1.30. The predicted octanol–water partition coefficient (Wildman–Crippen LogP) is 13.4. The van der Waals surface area contributed by atoms with Crippen molar-refractivity contribution in [2.75, 3.05) is 32.7 Å². The molecule has 0 aliphatic carbocycles. The zero-order chi connectivity index (χ0) is 50.4. The standard InChI is InChI=1S/C59H118N4O6/c1-5-9-13-17-21-25-29-33-41-52(64)49-62(50-53(65)42-34-30-26-22-18-14-10-6-2)47-39-37-44-55-58(68)61-56(59(69)60-55)45-38-40-48-63(57(67)46-36-32-28-24-20-16-12-8-4)51-54(66)43-35-31-27-23-19-15-11-7-3/h52-57,64-67H,5-51H2,1-4H3,(H,60,69)(H,61,68). The molecule has 0 aromatic heterocycles. The third-order valence-electron chi connectivity index (χ3n) is 15.0. The smallest absolute Gasteiger partial charge is 0.243 e. The molecule has 1 rings (SSSR count). The van der Waals surface area contributed by atoms with Crippen LogP contribution in [0.4, 0.5) is 0 Å². The number of unbranched alkanes of at least 4 members (excludes halogenated alkanes) is 30. The van der Waals surface area contributed by atoms with E-state index in [4.69, 9.17) is 0 Å². The molecule has 1 saturated heterocycles. The molecule has 10 nitrogen and oxygen atoms in total. The van der Waals surface area contributed by atoms with E-state index >= 15 is 0 Å². The van der Waals surface area contributed by atoms with Gasteiger partial charge in [0.2, 0.25) is 11.8 Å². The minimum absolute atomic E-state index is 0.121. The van der Waals surface area contributed by atoms with Crippen molar-refractivity contribution in [1.82, 2.24) is 20.4 Å². The van der Waals surface area contributed by atoms with Crippen molar-refractivity contribution in [3.63, 3.8) is 0 Å². The number of aliphatic hydroxyl groups excluding tert-OH is 4. The number of piperazine rings is 1. The summed E-state index contributed by atoms with van der Waals surface area (Å²) < 4.78 is 0. The van der Waals surface area contributed by atoms with Crippen molar-refractivity contribution >= 4 is 11.8 Å². The van der Waals surface area contributed by atoms with Gasteiger partial charge in [-0.15, -0.1) is 0 Å². The molecular formula is C59H118N4O6. The van der Waals surface area contributed by atoms with Gasteiger partial charge in [0, 0.05) is 26.2 Å². The van der Waals surface area contributed by atoms with Gasteiger partial charge >= 0.3 is 0 Å². The van der Waals surface area contributed by atoms with Crippen LogP contribution in [0.25, 0.3) is 0 Å². The van der Waals surface area contributed by atoms with E-state index in [9.17, 15) is 30.0 Å². The fraction of sp³-hybridized carbons (Fsp3) is 0.966. The fourth-order valence-corrected chi connectivity index (χ4v) is 10.4. The molecule has 0 radical (unpaired) electrons. The second-order valence-corrected chi connectivity index (χ2v) is 21.9. The van der Waals surface area contributed by atoms with Crippen molar-refractivity contribution in [2.45, 2.75) is 334 Å². The molecule has 1 heterocycles. The average molecular weight is 980 g/mol. The Morgan fingerprint density at radius 1 is 0.362 bits per heavy atom. The third-order valence-corrected chi connectivity index (χ3v) is 15.0. The van der Waals surface area contributed by atoms with Gasteiger partial charge in [0.15, 0.2) is 0 Å². The molecule has 10 heteroatoms. The van der Waals surface area contributed by atoms with Crippen LogP contribution in [0.5, 0.6) is 0 Å².